The molecule has 0 spiro atoms. The van der Waals surface area contributed by atoms with Gasteiger partial charge in [0.1, 0.15) is 5.82 Å². The highest BCUT2D eigenvalue weighted by Gasteiger charge is 2.28. The smallest absolute Gasteiger partial charge is 0.122 e. The summed E-state index contributed by atoms with van der Waals surface area (Å²) >= 11 is 0. The molecule has 1 fully saturated rings. The Morgan fingerprint density at radius 2 is 2.18 bits per heavy atom. The van der Waals surface area contributed by atoms with Crippen LogP contribution in [0.2, 0.25) is 0 Å². The molecule has 0 aliphatic carbocycles. The molecule has 0 saturated carbocycles. The van der Waals surface area contributed by atoms with Gasteiger partial charge in [-0.05, 0) is 26.3 Å². The van der Waals surface area contributed by atoms with Gasteiger partial charge >= 0.3 is 0 Å². The third-order valence-corrected chi connectivity index (χ3v) is 4.05. The van der Waals surface area contributed by atoms with Gasteiger partial charge in [0.05, 0.1) is 6.54 Å². The molecule has 3 unspecified atom stereocenters. The number of nitrogens with one attached hydrogen (secondary N) is 1. The molecule has 2 heterocycles. The summed E-state index contributed by atoms with van der Waals surface area (Å²) in [6, 6.07) is 1.28. The molecule has 3 atom stereocenters. The van der Waals surface area contributed by atoms with E-state index in [-0.39, 0.29) is 0 Å². The van der Waals surface area contributed by atoms with Crippen molar-refractivity contribution < 1.29 is 0 Å². The Labute approximate surface area is 104 Å². The molecule has 96 valence electrons. The Morgan fingerprint density at radius 1 is 1.41 bits per heavy atom. The minimum Gasteiger partial charge on any atom is -0.337 e. The van der Waals surface area contributed by atoms with Crippen LogP contribution in [-0.4, -0.2) is 40.1 Å². The highest BCUT2D eigenvalue weighted by atomic mass is 15.2. The number of aromatic nitrogens is 2. The average Bonchev–Trinajstić information content (AvgIpc) is 2.68. The van der Waals surface area contributed by atoms with Crippen LogP contribution in [0.25, 0.3) is 0 Å². The van der Waals surface area contributed by atoms with Gasteiger partial charge in [-0.2, -0.15) is 0 Å². The molecule has 4 heteroatoms. The van der Waals surface area contributed by atoms with E-state index in [1.54, 1.807) is 0 Å². The Balaban J connectivity index is 1.89. The van der Waals surface area contributed by atoms with Gasteiger partial charge in [-0.1, -0.05) is 6.92 Å². The first-order valence-corrected chi connectivity index (χ1v) is 6.47. The normalized spacial score (nSPS) is 30.7. The molecule has 1 aromatic heterocycles. The summed E-state index contributed by atoms with van der Waals surface area (Å²) in [5.41, 5.74) is 0. The lowest BCUT2D eigenvalue weighted by Crippen LogP contribution is -2.50. The van der Waals surface area contributed by atoms with Crippen molar-refractivity contribution in [2.24, 2.45) is 13.0 Å². The molecule has 1 aromatic rings. The molecular weight excluding hydrogens is 212 g/mol. The molecular formula is C13H24N4. The molecule has 0 radical (unpaired) electrons. The van der Waals surface area contributed by atoms with Crippen LogP contribution in [0.15, 0.2) is 12.4 Å². The number of likely N-dealkylation sites (tertiary alicyclic amines) is 1. The fourth-order valence-corrected chi connectivity index (χ4v) is 2.61. The maximum atomic E-state index is 4.35. The Hall–Kier alpha value is -0.870. The van der Waals surface area contributed by atoms with Crippen LogP contribution in [0.4, 0.5) is 0 Å². The topological polar surface area (TPSA) is 33.1 Å². The van der Waals surface area contributed by atoms with Crippen molar-refractivity contribution >= 4 is 0 Å². The lowest BCUT2D eigenvalue weighted by Gasteiger charge is -2.40. The minimum absolute atomic E-state index is 0.609. The molecule has 1 N–H and O–H groups in total. The van der Waals surface area contributed by atoms with Crippen molar-refractivity contribution in [2.75, 3.05) is 13.6 Å². The van der Waals surface area contributed by atoms with Gasteiger partial charge in [0.15, 0.2) is 0 Å². The van der Waals surface area contributed by atoms with Crippen LogP contribution < -0.4 is 5.32 Å². The van der Waals surface area contributed by atoms with Crippen LogP contribution >= 0.6 is 0 Å². The van der Waals surface area contributed by atoms with E-state index in [9.17, 15) is 0 Å². The van der Waals surface area contributed by atoms with Crippen molar-refractivity contribution in [1.29, 1.82) is 0 Å². The molecule has 4 nitrogen and oxygen atoms in total. The maximum Gasteiger partial charge on any atom is 0.122 e. The number of imidazole rings is 1. The number of piperidine rings is 1. The van der Waals surface area contributed by atoms with Gasteiger partial charge in [-0.25, -0.2) is 4.98 Å². The van der Waals surface area contributed by atoms with E-state index in [2.05, 4.69) is 40.7 Å². The molecule has 0 aromatic carbocycles. The highest BCUT2D eigenvalue weighted by molar-refractivity contribution is 4.93. The largest absolute Gasteiger partial charge is 0.337 e. The molecule has 0 bridgehead atoms. The van der Waals surface area contributed by atoms with Crippen LogP contribution in [-0.2, 0) is 13.6 Å². The van der Waals surface area contributed by atoms with Crippen LogP contribution in [0, 0.1) is 5.92 Å². The summed E-state index contributed by atoms with van der Waals surface area (Å²) in [6.45, 7) is 6.69. The molecule has 1 aliphatic heterocycles. The van der Waals surface area contributed by atoms with Crippen molar-refractivity contribution in [3.63, 3.8) is 0 Å². The van der Waals surface area contributed by atoms with Crippen LogP contribution in [0.1, 0.15) is 26.1 Å². The van der Waals surface area contributed by atoms with E-state index in [4.69, 9.17) is 0 Å². The molecule has 17 heavy (non-hydrogen) atoms. The van der Waals surface area contributed by atoms with Crippen LogP contribution in [0.5, 0.6) is 0 Å². The Morgan fingerprint density at radius 3 is 2.82 bits per heavy atom. The van der Waals surface area contributed by atoms with Gasteiger partial charge < -0.3 is 14.8 Å². The van der Waals surface area contributed by atoms with E-state index >= 15 is 0 Å². The average molecular weight is 236 g/mol. The predicted octanol–water partition coefficient (Wildman–Crippen LogP) is 1.24. The second kappa shape index (κ2) is 5.19. The third-order valence-electron chi connectivity index (χ3n) is 4.05. The van der Waals surface area contributed by atoms with Gasteiger partial charge in [0, 0.05) is 38.1 Å². The monoisotopic (exact) mass is 236 g/mol. The number of hydrogen-bond acceptors (Lipinski definition) is 3. The van der Waals surface area contributed by atoms with Gasteiger partial charge in [-0.3, -0.25) is 0 Å². The van der Waals surface area contributed by atoms with E-state index in [0.29, 0.717) is 18.0 Å². The molecule has 0 amide bonds. The van der Waals surface area contributed by atoms with E-state index in [1.807, 2.05) is 19.4 Å². The maximum absolute atomic E-state index is 4.35. The number of nitrogens with zero attached hydrogens (tertiary/aromatic N) is 3. The summed E-state index contributed by atoms with van der Waals surface area (Å²) < 4.78 is 2.08. The number of rotatable bonds is 3. The zero-order valence-corrected chi connectivity index (χ0v) is 11.3. The third kappa shape index (κ3) is 2.87. The van der Waals surface area contributed by atoms with Crippen molar-refractivity contribution in [2.45, 2.75) is 38.9 Å². The van der Waals surface area contributed by atoms with Gasteiger partial charge in [0.25, 0.3) is 0 Å². The second-order valence-corrected chi connectivity index (χ2v) is 5.44. The fraction of sp³-hybridized carbons (Fsp3) is 0.769. The van der Waals surface area contributed by atoms with Crippen molar-refractivity contribution in [1.82, 2.24) is 19.8 Å². The van der Waals surface area contributed by atoms with E-state index in [0.717, 1.165) is 12.4 Å². The molecule has 1 saturated heterocycles. The van der Waals surface area contributed by atoms with Gasteiger partial charge in [-0.15, -0.1) is 0 Å². The summed E-state index contributed by atoms with van der Waals surface area (Å²) in [7, 11) is 4.26. The zero-order chi connectivity index (χ0) is 12.4. The van der Waals surface area contributed by atoms with Crippen LogP contribution in [0.3, 0.4) is 0 Å². The molecule has 2 rings (SSSR count). The summed E-state index contributed by atoms with van der Waals surface area (Å²) in [5, 5.41) is 3.66. The molecule has 1 aliphatic rings. The lowest BCUT2D eigenvalue weighted by molar-refractivity contribution is 0.120. The Kier molecular flexibility index (Phi) is 3.84. The second-order valence-electron chi connectivity index (χ2n) is 5.44. The van der Waals surface area contributed by atoms with E-state index < -0.39 is 0 Å². The lowest BCUT2D eigenvalue weighted by atomic mass is 9.90. The van der Waals surface area contributed by atoms with Gasteiger partial charge in [0.2, 0.25) is 0 Å². The summed E-state index contributed by atoms with van der Waals surface area (Å²) in [6.07, 6.45) is 5.08. The number of hydrogen-bond donors (Lipinski definition) is 1. The fourth-order valence-electron chi connectivity index (χ4n) is 2.61. The first-order chi connectivity index (χ1) is 8.08. The number of aryl methyl sites for hydroxylation is 1. The summed E-state index contributed by atoms with van der Waals surface area (Å²) in [4.78, 5) is 6.80. The van der Waals surface area contributed by atoms with Crippen molar-refractivity contribution in [3.8, 4) is 0 Å². The van der Waals surface area contributed by atoms with E-state index in [1.165, 1.54) is 13.0 Å². The highest BCUT2D eigenvalue weighted by Crippen LogP contribution is 2.20. The standard InChI is InChI=1S/C13H24N4/c1-10-9-17(4)11(2)7-12(10)15-8-13-14-5-6-16(13)3/h5-6,10-12,15H,7-9H2,1-4H3. The first kappa shape index (κ1) is 12.6. The quantitative estimate of drug-likeness (QED) is 0.857. The minimum atomic E-state index is 0.609. The predicted molar refractivity (Wildman–Crippen MR) is 69.7 cm³/mol. The SMILES string of the molecule is CC1CN(C)C(C)CC1NCc1nccn1C. The Bertz CT molecular complexity index is 360. The summed E-state index contributed by atoms with van der Waals surface area (Å²) in [5.74, 6) is 1.82. The first-order valence-electron chi connectivity index (χ1n) is 6.47. The zero-order valence-electron chi connectivity index (χ0n) is 11.3. The van der Waals surface area contributed by atoms with Crippen molar-refractivity contribution in [3.05, 3.63) is 18.2 Å².